The lowest BCUT2D eigenvalue weighted by Crippen LogP contribution is -2.17. The van der Waals surface area contributed by atoms with Crippen LogP contribution in [-0.4, -0.2) is 24.8 Å². The van der Waals surface area contributed by atoms with Crippen molar-refractivity contribution in [1.29, 1.82) is 0 Å². The Hall–Kier alpha value is -0.830. The van der Waals surface area contributed by atoms with Crippen LogP contribution in [0.3, 0.4) is 0 Å². The second kappa shape index (κ2) is 2.90. The number of carbonyl (C=O) groups excluding carboxylic acids is 1. The zero-order valence-corrected chi connectivity index (χ0v) is 7.08. The van der Waals surface area contributed by atoms with E-state index in [0.717, 1.165) is 18.4 Å². The van der Waals surface area contributed by atoms with Gasteiger partial charge in [-0.1, -0.05) is 0 Å². The maximum Gasteiger partial charge on any atom is 0.336 e. The van der Waals surface area contributed by atoms with Crippen molar-refractivity contribution in [3.8, 4) is 0 Å². The minimum absolute atomic E-state index is 0.0223. The smallest absolute Gasteiger partial charge is 0.336 e. The van der Waals surface area contributed by atoms with Gasteiger partial charge < -0.3 is 9.47 Å². The molecule has 0 aliphatic carbocycles. The molecule has 0 radical (unpaired) electrons. The van der Waals surface area contributed by atoms with Gasteiger partial charge in [0.15, 0.2) is 0 Å². The summed E-state index contributed by atoms with van der Waals surface area (Å²) in [6.45, 7) is 2.25. The molecule has 0 N–H and O–H groups in total. The van der Waals surface area contributed by atoms with Crippen LogP contribution >= 0.6 is 0 Å². The molecule has 0 aromatic rings. The Morgan fingerprint density at radius 3 is 3.08 bits per heavy atom. The van der Waals surface area contributed by atoms with Gasteiger partial charge in [-0.05, 0) is 25.8 Å². The average molecular weight is 168 g/mol. The van der Waals surface area contributed by atoms with Crippen LogP contribution in [0.5, 0.6) is 0 Å². The third-order valence-electron chi connectivity index (χ3n) is 2.28. The monoisotopic (exact) mass is 168 g/mol. The zero-order chi connectivity index (χ0) is 8.55. The maximum absolute atomic E-state index is 11.3. The van der Waals surface area contributed by atoms with Crippen LogP contribution in [0, 0.1) is 0 Å². The highest BCUT2D eigenvalue weighted by atomic mass is 16.5. The van der Waals surface area contributed by atoms with Crippen molar-refractivity contribution < 1.29 is 14.3 Å². The third-order valence-corrected chi connectivity index (χ3v) is 2.28. The molecule has 0 spiro atoms. The van der Waals surface area contributed by atoms with Crippen molar-refractivity contribution in [2.45, 2.75) is 32.0 Å². The van der Waals surface area contributed by atoms with Gasteiger partial charge in [0, 0.05) is 0 Å². The number of rotatable bonds is 2. The van der Waals surface area contributed by atoms with Gasteiger partial charge in [-0.25, -0.2) is 4.79 Å². The average Bonchev–Trinajstić information content (AvgIpc) is 2.64. The molecular formula is C9H12O3. The normalized spacial score (nSPS) is 31.9. The highest BCUT2D eigenvalue weighted by Crippen LogP contribution is 2.33. The molecule has 2 aliphatic rings. The summed E-state index contributed by atoms with van der Waals surface area (Å²) >= 11 is 0. The van der Waals surface area contributed by atoms with E-state index >= 15 is 0 Å². The van der Waals surface area contributed by atoms with Gasteiger partial charge in [0.2, 0.25) is 0 Å². The summed E-state index contributed by atoms with van der Waals surface area (Å²) in [6.07, 6.45) is 4.11. The molecule has 0 aromatic carbocycles. The summed E-state index contributed by atoms with van der Waals surface area (Å²) in [4.78, 5) is 11.3. The number of carbonyl (C=O) groups is 1. The van der Waals surface area contributed by atoms with Gasteiger partial charge in [-0.15, -0.1) is 0 Å². The largest absolute Gasteiger partial charge is 0.463 e. The lowest BCUT2D eigenvalue weighted by Gasteiger charge is -2.08. The molecule has 0 amide bonds. The summed E-state index contributed by atoms with van der Waals surface area (Å²) in [6, 6.07) is 0. The van der Waals surface area contributed by atoms with Gasteiger partial charge in [-0.3, -0.25) is 0 Å². The first-order valence-electron chi connectivity index (χ1n) is 4.35. The van der Waals surface area contributed by atoms with Gasteiger partial charge >= 0.3 is 5.97 Å². The van der Waals surface area contributed by atoms with Crippen molar-refractivity contribution in [3.63, 3.8) is 0 Å². The van der Waals surface area contributed by atoms with Crippen LogP contribution in [0.25, 0.3) is 0 Å². The topological polar surface area (TPSA) is 35.5 Å². The predicted molar refractivity (Wildman–Crippen MR) is 42.6 cm³/mol. The summed E-state index contributed by atoms with van der Waals surface area (Å²) in [7, 11) is 0. The van der Waals surface area contributed by atoms with Crippen LogP contribution in [0.4, 0.5) is 0 Å². The van der Waals surface area contributed by atoms with Crippen molar-refractivity contribution in [2.24, 2.45) is 0 Å². The number of ether oxygens (including phenoxy) is 2. The van der Waals surface area contributed by atoms with Crippen molar-refractivity contribution >= 4 is 5.97 Å². The summed E-state index contributed by atoms with van der Waals surface area (Å²) < 4.78 is 10.4. The van der Waals surface area contributed by atoms with Crippen molar-refractivity contribution in [1.82, 2.24) is 0 Å². The first kappa shape index (κ1) is 7.80. The highest BCUT2D eigenvalue weighted by molar-refractivity contribution is 5.90. The molecule has 3 nitrogen and oxygen atoms in total. The predicted octanol–water partition coefficient (Wildman–Crippen LogP) is 1.04. The molecule has 2 atom stereocenters. The second-order valence-electron chi connectivity index (χ2n) is 3.08. The highest BCUT2D eigenvalue weighted by Gasteiger charge is 2.37. The Morgan fingerprint density at radius 1 is 1.75 bits per heavy atom. The Kier molecular flexibility index (Phi) is 1.89. The van der Waals surface area contributed by atoms with Gasteiger partial charge in [-0.2, -0.15) is 0 Å². The zero-order valence-electron chi connectivity index (χ0n) is 7.08. The molecule has 3 heteroatoms. The van der Waals surface area contributed by atoms with Crippen molar-refractivity contribution in [2.75, 3.05) is 6.61 Å². The fraction of sp³-hybridized carbons (Fsp3) is 0.667. The molecule has 0 aromatic heterocycles. The van der Waals surface area contributed by atoms with Gasteiger partial charge in [0.25, 0.3) is 0 Å². The van der Waals surface area contributed by atoms with Crippen LogP contribution in [0.15, 0.2) is 11.6 Å². The van der Waals surface area contributed by atoms with E-state index in [1.807, 2.05) is 13.0 Å². The van der Waals surface area contributed by atoms with E-state index in [9.17, 15) is 4.79 Å². The van der Waals surface area contributed by atoms with Gasteiger partial charge in [0.1, 0.15) is 0 Å². The fourth-order valence-electron chi connectivity index (χ4n) is 1.74. The lowest BCUT2D eigenvalue weighted by atomic mass is 10.00. The Balaban J connectivity index is 2.05. The van der Waals surface area contributed by atoms with Crippen LogP contribution in [0.2, 0.25) is 0 Å². The molecular weight excluding hydrogens is 156 g/mol. The molecule has 2 heterocycles. The van der Waals surface area contributed by atoms with E-state index in [4.69, 9.17) is 9.47 Å². The first-order valence-corrected chi connectivity index (χ1v) is 4.35. The third kappa shape index (κ3) is 1.14. The molecule has 2 aliphatic heterocycles. The number of hydrogen-bond acceptors (Lipinski definition) is 3. The SMILES string of the molecule is CCOC(=O)C1=CC2CCC1O2. The molecule has 66 valence electrons. The van der Waals surface area contributed by atoms with E-state index in [1.165, 1.54) is 0 Å². The number of hydrogen-bond donors (Lipinski definition) is 0. The van der Waals surface area contributed by atoms with Crippen LogP contribution in [0.1, 0.15) is 19.8 Å². The fourth-order valence-corrected chi connectivity index (χ4v) is 1.74. The summed E-state index contributed by atoms with van der Waals surface area (Å²) in [5.41, 5.74) is 0.730. The number of fused-ring (bicyclic) bond motifs is 2. The Bertz CT molecular complexity index is 232. The second-order valence-corrected chi connectivity index (χ2v) is 3.08. The summed E-state index contributed by atoms with van der Waals surface area (Å²) in [5, 5.41) is 0. The van der Waals surface area contributed by atoms with Crippen LogP contribution < -0.4 is 0 Å². The van der Waals surface area contributed by atoms with E-state index in [1.54, 1.807) is 0 Å². The molecule has 0 saturated carbocycles. The van der Waals surface area contributed by atoms with E-state index in [2.05, 4.69) is 0 Å². The summed E-state index contributed by atoms with van der Waals surface area (Å²) in [5.74, 6) is -0.204. The quantitative estimate of drug-likeness (QED) is 0.578. The van der Waals surface area contributed by atoms with Crippen LogP contribution in [-0.2, 0) is 14.3 Å². The molecule has 2 rings (SSSR count). The Morgan fingerprint density at radius 2 is 2.58 bits per heavy atom. The standard InChI is InChI=1S/C9H12O3/c1-2-11-9(10)7-5-6-3-4-8(7)12-6/h5-6,8H,2-4H2,1H3. The molecule has 12 heavy (non-hydrogen) atoms. The molecule has 2 unspecified atom stereocenters. The lowest BCUT2D eigenvalue weighted by molar-refractivity contribution is -0.139. The minimum atomic E-state index is -0.204. The van der Waals surface area contributed by atoms with E-state index in [-0.39, 0.29) is 18.2 Å². The van der Waals surface area contributed by atoms with Crippen molar-refractivity contribution in [3.05, 3.63) is 11.6 Å². The minimum Gasteiger partial charge on any atom is -0.463 e. The molecule has 1 fully saturated rings. The maximum atomic E-state index is 11.3. The van der Waals surface area contributed by atoms with E-state index < -0.39 is 0 Å². The van der Waals surface area contributed by atoms with Gasteiger partial charge in [0.05, 0.1) is 24.4 Å². The Labute approximate surface area is 71.3 Å². The molecule has 2 bridgehead atoms. The molecule has 1 saturated heterocycles. The first-order chi connectivity index (χ1) is 5.81. The number of esters is 1. The van der Waals surface area contributed by atoms with E-state index in [0.29, 0.717) is 6.61 Å².